The molecule has 0 fully saturated rings. The number of hydrogen-bond acceptors (Lipinski definition) is 4. The monoisotopic (exact) mass is 243 g/mol. The van der Waals surface area contributed by atoms with Crippen molar-refractivity contribution in [3.63, 3.8) is 0 Å². The Labute approximate surface area is 96.6 Å². The van der Waals surface area contributed by atoms with E-state index in [1.807, 2.05) is 0 Å². The lowest BCUT2D eigenvalue weighted by Crippen LogP contribution is -2.31. The van der Waals surface area contributed by atoms with Crippen LogP contribution in [0.5, 0.6) is 0 Å². The highest BCUT2D eigenvalue weighted by Crippen LogP contribution is 2.22. The van der Waals surface area contributed by atoms with Crippen LogP contribution in [0.2, 0.25) is 5.02 Å². The maximum atomic E-state index is 10.7. The van der Waals surface area contributed by atoms with Crippen LogP contribution in [0.25, 0.3) is 0 Å². The van der Waals surface area contributed by atoms with Crippen molar-refractivity contribution in [1.29, 1.82) is 0 Å². The largest absolute Gasteiger partial charge is 0.478 e. The van der Waals surface area contributed by atoms with Gasteiger partial charge in [0.1, 0.15) is 5.82 Å². The molecule has 1 aromatic rings. The minimum absolute atomic E-state index is 0.0128. The Hall–Kier alpha value is -1.82. The van der Waals surface area contributed by atoms with Crippen LogP contribution in [0.3, 0.4) is 0 Å². The summed E-state index contributed by atoms with van der Waals surface area (Å²) in [6, 6.07) is 1.27. The van der Waals surface area contributed by atoms with E-state index >= 15 is 0 Å². The Morgan fingerprint density at radius 3 is 2.69 bits per heavy atom. The molecule has 0 radical (unpaired) electrons. The van der Waals surface area contributed by atoms with E-state index in [0.29, 0.717) is 5.82 Å². The number of carboxylic acids is 1. The summed E-state index contributed by atoms with van der Waals surface area (Å²) in [5.41, 5.74) is 5.00. The molecule has 1 aromatic heterocycles. The molecule has 0 spiro atoms. The minimum atomic E-state index is -1.11. The fourth-order valence-corrected chi connectivity index (χ4v) is 1.45. The Kier molecular flexibility index (Phi) is 3.68. The molecule has 1 rings (SSSR count). The van der Waals surface area contributed by atoms with E-state index in [0.717, 1.165) is 0 Å². The summed E-state index contributed by atoms with van der Waals surface area (Å²) < 4.78 is 0. The van der Waals surface area contributed by atoms with Crippen LogP contribution >= 0.6 is 11.6 Å². The number of aromatic carboxylic acids is 1. The first-order valence-electron chi connectivity index (χ1n) is 4.30. The lowest BCUT2D eigenvalue weighted by atomic mass is 10.3. The SMILES string of the molecule is CN(CC(N)=O)c1ncc(C(=O)O)cc1Cl. The molecule has 1 heterocycles. The van der Waals surface area contributed by atoms with E-state index < -0.39 is 11.9 Å². The van der Waals surface area contributed by atoms with Crippen LogP contribution in [0, 0.1) is 0 Å². The standard InChI is InChI=1S/C9H10ClN3O3/c1-13(4-7(11)14)8-6(10)2-5(3-12-8)9(15)16/h2-3H,4H2,1H3,(H2,11,14)(H,15,16). The van der Waals surface area contributed by atoms with Crippen molar-refractivity contribution in [2.75, 3.05) is 18.5 Å². The molecule has 6 nitrogen and oxygen atoms in total. The van der Waals surface area contributed by atoms with Gasteiger partial charge in [0, 0.05) is 13.2 Å². The van der Waals surface area contributed by atoms with Gasteiger partial charge in [0.15, 0.2) is 0 Å². The number of amides is 1. The molecule has 86 valence electrons. The van der Waals surface area contributed by atoms with E-state index in [1.54, 1.807) is 7.05 Å². The van der Waals surface area contributed by atoms with Gasteiger partial charge in [-0.1, -0.05) is 11.6 Å². The second-order valence-electron chi connectivity index (χ2n) is 3.16. The summed E-state index contributed by atoms with van der Waals surface area (Å²) in [5, 5.41) is 8.85. The molecule has 0 unspecified atom stereocenters. The highest BCUT2D eigenvalue weighted by molar-refractivity contribution is 6.33. The van der Waals surface area contributed by atoms with Crippen molar-refractivity contribution < 1.29 is 14.7 Å². The molecule has 1 amide bonds. The van der Waals surface area contributed by atoms with Gasteiger partial charge < -0.3 is 15.7 Å². The number of carbonyl (C=O) groups excluding carboxylic acids is 1. The van der Waals surface area contributed by atoms with Crippen molar-refractivity contribution in [3.05, 3.63) is 22.8 Å². The zero-order valence-corrected chi connectivity index (χ0v) is 9.23. The zero-order chi connectivity index (χ0) is 12.3. The number of halogens is 1. The fraction of sp³-hybridized carbons (Fsp3) is 0.222. The van der Waals surface area contributed by atoms with Crippen molar-refractivity contribution in [2.24, 2.45) is 5.73 Å². The maximum Gasteiger partial charge on any atom is 0.337 e. The third kappa shape index (κ3) is 2.83. The van der Waals surface area contributed by atoms with E-state index in [4.69, 9.17) is 22.4 Å². The van der Waals surface area contributed by atoms with Crippen LogP contribution in [-0.4, -0.2) is 35.6 Å². The van der Waals surface area contributed by atoms with Gasteiger partial charge in [0.2, 0.25) is 5.91 Å². The number of rotatable bonds is 4. The first-order valence-corrected chi connectivity index (χ1v) is 4.68. The van der Waals surface area contributed by atoms with Gasteiger partial charge in [-0.15, -0.1) is 0 Å². The molecule has 0 aromatic carbocycles. The van der Waals surface area contributed by atoms with Crippen molar-refractivity contribution in [2.45, 2.75) is 0 Å². The summed E-state index contributed by atoms with van der Waals surface area (Å²) in [7, 11) is 1.58. The summed E-state index contributed by atoms with van der Waals surface area (Å²) >= 11 is 5.83. The van der Waals surface area contributed by atoms with Crippen molar-refractivity contribution >= 4 is 29.3 Å². The van der Waals surface area contributed by atoms with Crippen LogP contribution in [-0.2, 0) is 4.79 Å². The highest BCUT2D eigenvalue weighted by atomic mass is 35.5. The number of nitrogens with two attached hydrogens (primary N) is 1. The van der Waals surface area contributed by atoms with E-state index in [2.05, 4.69) is 4.98 Å². The molecule has 16 heavy (non-hydrogen) atoms. The molecule has 0 aliphatic rings. The number of primary amides is 1. The van der Waals surface area contributed by atoms with Gasteiger partial charge in [-0.25, -0.2) is 9.78 Å². The lowest BCUT2D eigenvalue weighted by Gasteiger charge is -2.17. The Bertz CT molecular complexity index is 436. The van der Waals surface area contributed by atoms with Gasteiger partial charge in [-0.2, -0.15) is 0 Å². The summed E-state index contributed by atoms with van der Waals surface area (Å²) in [5.74, 6) is -1.33. The smallest absolute Gasteiger partial charge is 0.337 e. The van der Waals surface area contributed by atoms with E-state index in [9.17, 15) is 9.59 Å². The van der Waals surface area contributed by atoms with Gasteiger partial charge >= 0.3 is 5.97 Å². The first-order chi connectivity index (χ1) is 7.41. The van der Waals surface area contributed by atoms with Crippen molar-refractivity contribution in [1.82, 2.24) is 4.98 Å². The second kappa shape index (κ2) is 4.80. The maximum absolute atomic E-state index is 10.7. The quantitative estimate of drug-likeness (QED) is 0.796. The molecule has 0 saturated heterocycles. The van der Waals surface area contributed by atoms with Crippen LogP contribution in [0.1, 0.15) is 10.4 Å². The third-order valence-corrected chi connectivity index (χ3v) is 2.10. The normalized spacial score (nSPS) is 9.88. The zero-order valence-electron chi connectivity index (χ0n) is 8.48. The molecular weight excluding hydrogens is 234 g/mol. The molecule has 0 atom stereocenters. The number of anilines is 1. The Morgan fingerprint density at radius 2 is 2.25 bits per heavy atom. The van der Waals surface area contributed by atoms with Gasteiger partial charge in [0.05, 0.1) is 17.1 Å². The molecule has 3 N–H and O–H groups in total. The highest BCUT2D eigenvalue weighted by Gasteiger charge is 2.12. The molecule has 0 bridgehead atoms. The van der Waals surface area contributed by atoms with Gasteiger partial charge in [0.25, 0.3) is 0 Å². The number of carboxylic acid groups (broad SMARTS) is 1. The van der Waals surface area contributed by atoms with Gasteiger partial charge in [-0.3, -0.25) is 4.79 Å². The molecule has 0 saturated carbocycles. The predicted octanol–water partition coefficient (Wildman–Crippen LogP) is 0.355. The van der Waals surface area contributed by atoms with Crippen LogP contribution in [0.4, 0.5) is 5.82 Å². The van der Waals surface area contributed by atoms with E-state index in [1.165, 1.54) is 17.2 Å². The van der Waals surface area contributed by atoms with Crippen LogP contribution < -0.4 is 10.6 Å². The van der Waals surface area contributed by atoms with Gasteiger partial charge in [-0.05, 0) is 6.07 Å². The molecule has 0 aliphatic heterocycles. The minimum Gasteiger partial charge on any atom is -0.478 e. The number of carbonyl (C=O) groups is 2. The van der Waals surface area contributed by atoms with Crippen LogP contribution in [0.15, 0.2) is 12.3 Å². The lowest BCUT2D eigenvalue weighted by molar-refractivity contribution is -0.116. The summed E-state index contributed by atoms with van der Waals surface area (Å²) in [6.45, 7) is -0.0425. The van der Waals surface area contributed by atoms with Crippen molar-refractivity contribution in [3.8, 4) is 0 Å². The molecule has 7 heteroatoms. The number of nitrogens with zero attached hydrogens (tertiary/aromatic N) is 2. The Morgan fingerprint density at radius 1 is 1.62 bits per heavy atom. The molecular formula is C9H10ClN3O3. The topological polar surface area (TPSA) is 96.5 Å². The first kappa shape index (κ1) is 12.3. The number of pyridine rings is 1. The number of likely N-dealkylation sites (N-methyl/N-ethyl adjacent to an activating group) is 1. The second-order valence-corrected chi connectivity index (χ2v) is 3.56. The predicted molar refractivity (Wildman–Crippen MR) is 58.7 cm³/mol. The third-order valence-electron chi connectivity index (χ3n) is 1.82. The number of hydrogen-bond donors (Lipinski definition) is 2. The summed E-state index contributed by atoms with van der Waals surface area (Å²) in [6.07, 6.45) is 1.17. The Balaban J connectivity index is 2.98. The van der Waals surface area contributed by atoms with E-state index in [-0.39, 0.29) is 17.1 Å². The fourth-order valence-electron chi connectivity index (χ4n) is 1.14. The molecule has 0 aliphatic carbocycles. The average Bonchev–Trinajstić information content (AvgIpc) is 2.15. The summed E-state index contributed by atoms with van der Waals surface area (Å²) in [4.78, 5) is 26.6. The average molecular weight is 244 g/mol. The number of aromatic nitrogens is 1.